The lowest BCUT2D eigenvalue weighted by Gasteiger charge is -2.15. The van der Waals surface area contributed by atoms with E-state index in [4.69, 9.17) is 5.73 Å². The normalized spacial score (nSPS) is 11.0. The molecule has 0 saturated heterocycles. The van der Waals surface area contributed by atoms with Gasteiger partial charge in [-0.05, 0) is 41.4 Å². The molecule has 0 aliphatic carbocycles. The van der Waals surface area contributed by atoms with Gasteiger partial charge in [0.05, 0.1) is 5.69 Å². The SMILES string of the molecule is Cc1ccc2c(N)c(C(=O)N(C)Cc3ccsc3)sc2n1. The zero-order valence-corrected chi connectivity index (χ0v) is 13.4. The predicted molar refractivity (Wildman–Crippen MR) is 88.9 cm³/mol. The fourth-order valence-corrected chi connectivity index (χ4v) is 3.94. The molecular formula is C15H15N3OS2. The van der Waals surface area contributed by atoms with E-state index in [0.717, 1.165) is 21.5 Å². The number of aromatic nitrogens is 1. The van der Waals surface area contributed by atoms with Crippen molar-refractivity contribution in [3.63, 3.8) is 0 Å². The van der Waals surface area contributed by atoms with E-state index in [0.29, 0.717) is 17.1 Å². The number of thiophene rings is 2. The summed E-state index contributed by atoms with van der Waals surface area (Å²) in [5.74, 6) is -0.0562. The van der Waals surface area contributed by atoms with Gasteiger partial charge in [-0.2, -0.15) is 11.3 Å². The van der Waals surface area contributed by atoms with Gasteiger partial charge in [0.15, 0.2) is 0 Å². The third kappa shape index (κ3) is 2.64. The summed E-state index contributed by atoms with van der Waals surface area (Å²) in [6.45, 7) is 2.52. The number of pyridine rings is 1. The number of amides is 1. The third-order valence-corrected chi connectivity index (χ3v) is 5.11. The van der Waals surface area contributed by atoms with E-state index in [9.17, 15) is 4.79 Å². The maximum absolute atomic E-state index is 12.6. The number of nitrogens with zero attached hydrogens (tertiary/aromatic N) is 2. The number of carbonyl (C=O) groups is 1. The van der Waals surface area contributed by atoms with Gasteiger partial charge in [-0.3, -0.25) is 4.79 Å². The van der Waals surface area contributed by atoms with Gasteiger partial charge in [-0.15, -0.1) is 11.3 Å². The molecule has 0 aliphatic heterocycles. The van der Waals surface area contributed by atoms with E-state index in [1.165, 1.54) is 11.3 Å². The zero-order valence-electron chi connectivity index (χ0n) is 11.8. The van der Waals surface area contributed by atoms with Crippen LogP contribution in [0.1, 0.15) is 20.9 Å². The number of hydrogen-bond donors (Lipinski definition) is 1. The van der Waals surface area contributed by atoms with Crippen LogP contribution in [0, 0.1) is 6.92 Å². The molecule has 2 N–H and O–H groups in total. The van der Waals surface area contributed by atoms with Crippen LogP contribution in [-0.2, 0) is 6.54 Å². The van der Waals surface area contributed by atoms with E-state index < -0.39 is 0 Å². The molecule has 0 unspecified atom stereocenters. The standard InChI is InChI=1S/C15H15N3OS2/c1-9-3-4-11-12(16)13(21-14(11)17-9)15(19)18(2)7-10-5-6-20-8-10/h3-6,8H,7,16H2,1-2H3. The molecule has 108 valence electrons. The van der Waals surface area contributed by atoms with Crippen LogP contribution >= 0.6 is 22.7 Å². The Morgan fingerprint density at radius 3 is 2.90 bits per heavy atom. The molecule has 0 fully saturated rings. The summed E-state index contributed by atoms with van der Waals surface area (Å²) in [5, 5.41) is 4.91. The molecule has 0 aliphatic rings. The highest BCUT2D eigenvalue weighted by Gasteiger charge is 2.20. The van der Waals surface area contributed by atoms with Gasteiger partial charge < -0.3 is 10.6 Å². The minimum absolute atomic E-state index is 0.0562. The van der Waals surface area contributed by atoms with E-state index in [1.807, 2.05) is 35.9 Å². The van der Waals surface area contributed by atoms with Crippen molar-refractivity contribution in [2.24, 2.45) is 0 Å². The van der Waals surface area contributed by atoms with Gasteiger partial charge in [-0.25, -0.2) is 4.98 Å². The summed E-state index contributed by atoms with van der Waals surface area (Å²) in [4.78, 5) is 20.1. The topological polar surface area (TPSA) is 59.2 Å². The molecule has 0 bridgehead atoms. The Balaban J connectivity index is 1.92. The molecule has 3 heterocycles. The predicted octanol–water partition coefficient (Wildman–Crippen LogP) is 3.52. The third-order valence-electron chi connectivity index (χ3n) is 3.27. The summed E-state index contributed by atoms with van der Waals surface area (Å²) in [6, 6.07) is 5.86. The molecule has 1 amide bonds. The van der Waals surface area contributed by atoms with Gasteiger partial charge >= 0.3 is 0 Å². The maximum atomic E-state index is 12.6. The molecular weight excluding hydrogens is 302 g/mol. The van der Waals surface area contributed by atoms with Crippen LogP contribution < -0.4 is 5.73 Å². The minimum Gasteiger partial charge on any atom is -0.397 e. The summed E-state index contributed by atoms with van der Waals surface area (Å²) in [7, 11) is 1.79. The number of rotatable bonds is 3. The van der Waals surface area contributed by atoms with E-state index in [1.54, 1.807) is 23.3 Å². The number of carbonyl (C=O) groups excluding carboxylic acids is 1. The zero-order chi connectivity index (χ0) is 15.0. The fourth-order valence-electron chi connectivity index (χ4n) is 2.15. The van der Waals surface area contributed by atoms with Crippen molar-refractivity contribution in [3.05, 3.63) is 45.1 Å². The Morgan fingerprint density at radius 2 is 2.19 bits per heavy atom. The second-order valence-corrected chi connectivity index (χ2v) is 6.72. The van der Waals surface area contributed by atoms with Crippen LogP contribution in [0.3, 0.4) is 0 Å². The summed E-state index contributed by atoms with van der Waals surface area (Å²) in [5.41, 5.74) is 8.71. The first-order valence-corrected chi connectivity index (χ1v) is 8.24. The van der Waals surface area contributed by atoms with Crippen molar-refractivity contribution in [2.45, 2.75) is 13.5 Å². The first-order valence-electron chi connectivity index (χ1n) is 6.48. The van der Waals surface area contributed by atoms with Crippen LogP contribution in [0.15, 0.2) is 29.0 Å². The molecule has 6 heteroatoms. The smallest absolute Gasteiger partial charge is 0.266 e. The number of hydrogen-bond acceptors (Lipinski definition) is 5. The molecule has 3 aromatic rings. The Hall–Kier alpha value is -1.92. The van der Waals surface area contributed by atoms with Crippen LogP contribution in [0.5, 0.6) is 0 Å². The van der Waals surface area contributed by atoms with Crippen molar-refractivity contribution in [3.8, 4) is 0 Å². The Kier molecular flexibility index (Phi) is 3.65. The molecule has 0 spiro atoms. The molecule has 0 atom stereocenters. The number of nitrogens with two attached hydrogens (primary N) is 1. The van der Waals surface area contributed by atoms with Crippen LogP contribution in [0.4, 0.5) is 5.69 Å². The van der Waals surface area contributed by atoms with Gasteiger partial charge in [0.1, 0.15) is 9.71 Å². The lowest BCUT2D eigenvalue weighted by molar-refractivity contribution is 0.0791. The summed E-state index contributed by atoms with van der Waals surface area (Å²) >= 11 is 2.99. The number of nitrogen functional groups attached to an aromatic ring is 1. The molecule has 0 aromatic carbocycles. The van der Waals surface area contributed by atoms with E-state index >= 15 is 0 Å². The van der Waals surface area contributed by atoms with Gasteiger partial charge in [0.25, 0.3) is 5.91 Å². The Bertz CT molecular complexity index is 793. The number of fused-ring (bicyclic) bond motifs is 1. The Morgan fingerprint density at radius 1 is 1.38 bits per heavy atom. The average Bonchev–Trinajstić information content (AvgIpc) is 3.06. The minimum atomic E-state index is -0.0562. The van der Waals surface area contributed by atoms with E-state index in [2.05, 4.69) is 4.98 Å². The highest BCUT2D eigenvalue weighted by Crippen LogP contribution is 2.33. The second kappa shape index (κ2) is 5.46. The van der Waals surface area contributed by atoms with Crippen LogP contribution in [0.2, 0.25) is 0 Å². The largest absolute Gasteiger partial charge is 0.397 e. The molecule has 21 heavy (non-hydrogen) atoms. The number of aryl methyl sites for hydroxylation is 1. The van der Waals surface area contributed by atoms with Gasteiger partial charge in [0, 0.05) is 24.7 Å². The van der Waals surface area contributed by atoms with E-state index in [-0.39, 0.29) is 5.91 Å². The van der Waals surface area contributed by atoms with Crippen molar-refractivity contribution < 1.29 is 4.79 Å². The molecule has 0 saturated carbocycles. The van der Waals surface area contributed by atoms with Crippen molar-refractivity contribution in [1.82, 2.24) is 9.88 Å². The molecule has 0 radical (unpaired) electrons. The van der Waals surface area contributed by atoms with Gasteiger partial charge in [0.2, 0.25) is 0 Å². The first-order chi connectivity index (χ1) is 10.1. The van der Waals surface area contributed by atoms with Crippen molar-refractivity contribution in [1.29, 1.82) is 0 Å². The molecule has 4 nitrogen and oxygen atoms in total. The fraction of sp³-hybridized carbons (Fsp3) is 0.200. The van der Waals surface area contributed by atoms with Gasteiger partial charge in [-0.1, -0.05) is 0 Å². The molecule has 3 aromatic heterocycles. The lowest BCUT2D eigenvalue weighted by atomic mass is 10.2. The number of anilines is 1. The maximum Gasteiger partial charge on any atom is 0.266 e. The second-order valence-electron chi connectivity index (χ2n) is 4.94. The molecule has 3 rings (SSSR count). The van der Waals surface area contributed by atoms with Crippen molar-refractivity contribution >= 4 is 44.5 Å². The summed E-state index contributed by atoms with van der Waals surface area (Å²) < 4.78 is 0. The average molecular weight is 317 g/mol. The first kappa shape index (κ1) is 14.0. The van der Waals surface area contributed by atoms with Crippen LogP contribution in [-0.4, -0.2) is 22.8 Å². The highest BCUT2D eigenvalue weighted by molar-refractivity contribution is 7.21. The van der Waals surface area contributed by atoms with Crippen molar-refractivity contribution in [2.75, 3.05) is 12.8 Å². The Labute approximate surface area is 130 Å². The monoisotopic (exact) mass is 317 g/mol. The quantitative estimate of drug-likeness (QED) is 0.804. The van der Waals surface area contributed by atoms with Crippen LogP contribution in [0.25, 0.3) is 10.2 Å². The highest BCUT2D eigenvalue weighted by atomic mass is 32.1. The lowest BCUT2D eigenvalue weighted by Crippen LogP contribution is -2.25. The summed E-state index contributed by atoms with van der Waals surface area (Å²) in [6.07, 6.45) is 0.